The number of aromatic amines is 1. The van der Waals surface area contributed by atoms with Gasteiger partial charge in [-0.1, -0.05) is 0 Å². The number of nitrogens with zero attached hydrogens (tertiary/aromatic N) is 3. The van der Waals surface area contributed by atoms with Gasteiger partial charge in [-0.3, -0.25) is 9.89 Å². The van der Waals surface area contributed by atoms with E-state index in [-0.39, 0.29) is 23.3 Å². The summed E-state index contributed by atoms with van der Waals surface area (Å²) in [4.78, 5) is 18.1. The highest BCUT2D eigenvalue weighted by Gasteiger charge is 2.27. The third-order valence-electron chi connectivity index (χ3n) is 3.61. The molecule has 2 heterocycles. The second-order valence-electron chi connectivity index (χ2n) is 5.80. The van der Waals surface area contributed by atoms with Crippen LogP contribution in [0.1, 0.15) is 18.7 Å². The summed E-state index contributed by atoms with van der Waals surface area (Å²) >= 11 is 5.63. The fraction of sp³-hybridized carbons (Fsp3) is 0.786. The average molecular weight is 346 g/mol. The van der Waals surface area contributed by atoms with E-state index in [0.717, 1.165) is 13.0 Å². The van der Waals surface area contributed by atoms with Crippen LogP contribution in [0.5, 0.6) is 0 Å². The van der Waals surface area contributed by atoms with Crippen LogP contribution >= 0.6 is 11.6 Å². The van der Waals surface area contributed by atoms with Gasteiger partial charge in [0.15, 0.2) is 0 Å². The molecule has 1 aromatic heterocycles. The van der Waals surface area contributed by atoms with Crippen molar-refractivity contribution < 1.29 is 14.3 Å². The molecule has 1 saturated heterocycles. The van der Waals surface area contributed by atoms with Crippen molar-refractivity contribution in [3.63, 3.8) is 0 Å². The molecule has 2 rings (SSSR count). The highest BCUT2D eigenvalue weighted by atomic mass is 35.5. The van der Waals surface area contributed by atoms with E-state index in [2.05, 4.69) is 25.4 Å². The van der Waals surface area contributed by atoms with Gasteiger partial charge < -0.3 is 19.7 Å². The molecule has 0 unspecified atom stereocenters. The predicted octanol–water partition coefficient (Wildman–Crippen LogP) is 0.243. The zero-order valence-electron chi connectivity index (χ0n) is 13.5. The number of hydrogen-bond donors (Lipinski definition) is 2. The van der Waals surface area contributed by atoms with E-state index in [1.165, 1.54) is 0 Å². The highest BCUT2D eigenvalue weighted by molar-refractivity contribution is 6.28. The molecular weight excluding hydrogens is 322 g/mol. The Morgan fingerprint density at radius 1 is 1.57 bits per heavy atom. The molecule has 0 bridgehead atoms. The Bertz CT molecular complexity index is 497. The fourth-order valence-corrected chi connectivity index (χ4v) is 2.47. The van der Waals surface area contributed by atoms with Crippen LogP contribution in [0.4, 0.5) is 0 Å². The van der Waals surface area contributed by atoms with Gasteiger partial charge >= 0.3 is 0 Å². The summed E-state index contributed by atoms with van der Waals surface area (Å²) in [6.07, 6.45) is 1.45. The lowest BCUT2D eigenvalue weighted by atomic mass is 10.1. The zero-order valence-corrected chi connectivity index (χ0v) is 14.3. The first-order valence-electron chi connectivity index (χ1n) is 7.75. The third-order valence-corrected chi connectivity index (χ3v) is 3.78. The number of carbonyl (C=O) groups is 1. The van der Waals surface area contributed by atoms with Crippen LogP contribution in [0.2, 0.25) is 5.28 Å². The third kappa shape index (κ3) is 6.42. The molecule has 8 nitrogen and oxygen atoms in total. The van der Waals surface area contributed by atoms with Crippen molar-refractivity contribution in [2.45, 2.75) is 31.4 Å². The van der Waals surface area contributed by atoms with Crippen LogP contribution in [0.25, 0.3) is 0 Å². The Kier molecular flexibility index (Phi) is 7.22. The van der Waals surface area contributed by atoms with Crippen molar-refractivity contribution in [3.05, 3.63) is 11.1 Å². The fourth-order valence-electron chi connectivity index (χ4n) is 2.32. The number of carbonyl (C=O) groups excluding carboxylic acids is 1. The quantitative estimate of drug-likeness (QED) is 0.701. The molecule has 0 saturated carbocycles. The molecular formula is C14H24ClN5O3. The summed E-state index contributed by atoms with van der Waals surface area (Å²) in [7, 11) is 3.99. The first kappa shape index (κ1) is 18.1. The second-order valence-corrected chi connectivity index (χ2v) is 6.14. The Morgan fingerprint density at radius 3 is 3.09 bits per heavy atom. The van der Waals surface area contributed by atoms with Crippen LogP contribution in [0.3, 0.4) is 0 Å². The first-order chi connectivity index (χ1) is 11.0. The van der Waals surface area contributed by atoms with Crippen molar-refractivity contribution in [1.82, 2.24) is 25.4 Å². The number of H-pyrrole nitrogens is 1. The van der Waals surface area contributed by atoms with E-state index in [0.29, 0.717) is 38.5 Å². The van der Waals surface area contributed by atoms with Crippen molar-refractivity contribution in [3.8, 4) is 0 Å². The number of rotatable bonds is 8. The molecule has 1 aliphatic rings. The molecule has 2 N–H and O–H groups in total. The molecule has 9 heteroatoms. The summed E-state index contributed by atoms with van der Waals surface area (Å²) < 4.78 is 11.3. The lowest BCUT2D eigenvalue weighted by Crippen LogP contribution is -2.50. The molecule has 0 spiro atoms. The number of nitrogens with one attached hydrogen (secondary N) is 2. The maximum Gasteiger partial charge on any atom is 0.242 e. The molecule has 1 aliphatic heterocycles. The van der Waals surface area contributed by atoms with Gasteiger partial charge in [-0.05, 0) is 32.1 Å². The van der Waals surface area contributed by atoms with Crippen molar-refractivity contribution in [2.24, 2.45) is 0 Å². The smallest absolute Gasteiger partial charge is 0.242 e. The molecule has 130 valence electrons. The van der Waals surface area contributed by atoms with Crippen molar-refractivity contribution in [2.75, 3.05) is 40.5 Å². The summed E-state index contributed by atoms with van der Waals surface area (Å²) in [5, 5.41) is 9.61. The SMILES string of the molecule is CN(C)CCO[C@@H]1COCC[C@H]1NC(=O)CCc1nc(Cl)n[nH]1. The van der Waals surface area contributed by atoms with Gasteiger partial charge in [0, 0.05) is 26.0 Å². The minimum atomic E-state index is -0.104. The molecule has 0 radical (unpaired) electrons. The van der Waals surface area contributed by atoms with E-state index < -0.39 is 0 Å². The molecule has 2 atom stereocenters. The Balaban J connectivity index is 1.74. The summed E-state index contributed by atoms with van der Waals surface area (Å²) in [6, 6.07) is -0.0169. The summed E-state index contributed by atoms with van der Waals surface area (Å²) in [5.74, 6) is 0.571. The summed E-state index contributed by atoms with van der Waals surface area (Å²) in [5.41, 5.74) is 0. The number of ether oxygens (including phenoxy) is 2. The summed E-state index contributed by atoms with van der Waals surface area (Å²) in [6.45, 7) is 2.60. The topological polar surface area (TPSA) is 92.4 Å². The zero-order chi connectivity index (χ0) is 16.7. The molecule has 1 aromatic rings. The van der Waals surface area contributed by atoms with E-state index in [1.807, 2.05) is 14.1 Å². The van der Waals surface area contributed by atoms with E-state index in [1.54, 1.807) is 0 Å². The Labute approximate surface area is 140 Å². The van der Waals surface area contributed by atoms with Crippen LogP contribution in [-0.4, -0.2) is 78.6 Å². The van der Waals surface area contributed by atoms with Gasteiger partial charge in [-0.25, -0.2) is 4.98 Å². The van der Waals surface area contributed by atoms with Crippen LogP contribution in [0, 0.1) is 0 Å². The molecule has 1 amide bonds. The maximum atomic E-state index is 12.1. The van der Waals surface area contributed by atoms with Crippen LogP contribution in [-0.2, 0) is 20.7 Å². The van der Waals surface area contributed by atoms with Crippen LogP contribution in [0.15, 0.2) is 0 Å². The van der Waals surface area contributed by atoms with Crippen molar-refractivity contribution >= 4 is 17.5 Å². The Morgan fingerprint density at radius 2 is 2.39 bits per heavy atom. The number of aryl methyl sites for hydroxylation is 1. The maximum absolute atomic E-state index is 12.1. The molecule has 0 aliphatic carbocycles. The van der Waals surface area contributed by atoms with Gasteiger partial charge in [0.1, 0.15) is 11.9 Å². The Hall–Kier alpha value is -1.22. The van der Waals surface area contributed by atoms with E-state index in [9.17, 15) is 4.79 Å². The largest absolute Gasteiger partial charge is 0.379 e. The minimum absolute atomic E-state index is 0.0169. The molecule has 1 fully saturated rings. The van der Waals surface area contributed by atoms with Gasteiger partial charge in [0.25, 0.3) is 0 Å². The number of amides is 1. The minimum Gasteiger partial charge on any atom is -0.379 e. The normalized spacial score (nSPS) is 21.6. The lowest BCUT2D eigenvalue weighted by molar-refractivity contribution is -0.126. The first-order valence-corrected chi connectivity index (χ1v) is 8.12. The number of aromatic nitrogens is 3. The van der Waals surface area contributed by atoms with Gasteiger partial charge in [-0.2, -0.15) is 0 Å². The number of hydrogen-bond acceptors (Lipinski definition) is 6. The van der Waals surface area contributed by atoms with Crippen LogP contribution < -0.4 is 5.32 Å². The average Bonchev–Trinajstić information content (AvgIpc) is 2.92. The number of halogens is 1. The van der Waals surface area contributed by atoms with Gasteiger partial charge in [-0.15, -0.1) is 5.10 Å². The lowest BCUT2D eigenvalue weighted by Gasteiger charge is -2.32. The second kappa shape index (κ2) is 9.17. The van der Waals surface area contributed by atoms with Gasteiger partial charge in [0.05, 0.1) is 19.3 Å². The van der Waals surface area contributed by atoms with E-state index >= 15 is 0 Å². The highest BCUT2D eigenvalue weighted by Crippen LogP contribution is 2.12. The number of likely N-dealkylation sites (N-methyl/N-ethyl adjacent to an activating group) is 1. The molecule has 0 aromatic carbocycles. The van der Waals surface area contributed by atoms with E-state index in [4.69, 9.17) is 21.1 Å². The monoisotopic (exact) mass is 345 g/mol. The van der Waals surface area contributed by atoms with Crippen molar-refractivity contribution in [1.29, 1.82) is 0 Å². The standard InChI is InChI=1S/C14H24ClN5O3/c1-20(2)6-8-23-11-9-22-7-5-10(11)16-13(21)4-3-12-17-14(15)19-18-12/h10-11H,3-9H2,1-2H3,(H,16,21)(H,17,18,19)/t10-,11-/m1/s1. The van der Waals surface area contributed by atoms with Gasteiger partial charge in [0.2, 0.25) is 11.2 Å². The predicted molar refractivity (Wildman–Crippen MR) is 85.4 cm³/mol. The molecule has 23 heavy (non-hydrogen) atoms.